The zero-order valence-electron chi connectivity index (χ0n) is 43.3. The van der Waals surface area contributed by atoms with Gasteiger partial charge in [0, 0.05) is 88.1 Å². The fourth-order valence-electron chi connectivity index (χ4n) is 9.42. The Morgan fingerprint density at radius 3 is 0.595 bits per heavy atom. The van der Waals surface area contributed by atoms with Gasteiger partial charge in [-0.3, -0.25) is 0 Å². The molecule has 1 aliphatic carbocycles. The summed E-state index contributed by atoms with van der Waals surface area (Å²) in [6.07, 6.45) is -2.87. The zero-order chi connectivity index (χ0) is 60.1. The lowest BCUT2D eigenvalue weighted by atomic mass is 9.88. The molecule has 424 valence electrons. The minimum atomic E-state index is -4.80. The number of nitriles is 4. The van der Waals surface area contributed by atoms with Crippen molar-refractivity contribution < 1.29 is 50.4 Å². The monoisotopic (exact) mass is 1450 g/mol. The summed E-state index contributed by atoms with van der Waals surface area (Å²) in [6, 6.07) is 42.7. The Balaban J connectivity index is 1.43. The van der Waals surface area contributed by atoms with Crippen LogP contribution in [0, 0.1) is 45.3 Å². The lowest BCUT2D eigenvalue weighted by molar-refractivity contribution is 0.478. The van der Waals surface area contributed by atoms with Crippen LogP contribution in [0.15, 0.2) is 183 Å². The van der Waals surface area contributed by atoms with Gasteiger partial charge in [0.25, 0.3) is 0 Å². The molecule has 0 atom stereocenters. The molecule has 16 nitrogen and oxygen atoms in total. The smallest absolute Gasteiger partial charge is 0.339 e. The Morgan fingerprint density at radius 1 is 0.298 bits per heavy atom. The van der Waals surface area contributed by atoms with Crippen molar-refractivity contribution >= 4 is 104 Å². The van der Waals surface area contributed by atoms with E-state index in [-0.39, 0.29) is 113 Å². The molecule has 0 unspecified atom stereocenters. The third-order valence-corrected chi connectivity index (χ3v) is 20.1. The van der Waals surface area contributed by atoms with Crippen LogP contribution >= 0.6 is 63.7 Å². The van der Waals surface area contributed by atoms with Crippen molar-refractivity contribution in [3.8, 4) is 47.3 Å². The molecule has 0 saturated heterocycles. The molecule has 8 bridgehead atoms. The van der Waals surface area contributed by atoms with Crippen LogP contribution in [0.5, 0.6) is 23.0 Å². The summed E-state index contributed by atoms with van der Waals surface area (Å²) in [4.78, 5) is -1.13. The summed E-state index contributed by atoms with van der Waals surface area (Å²) in [5.41, 5.74) is 1.55. The van der Waals surface area contributed by atoms with E-state index < -0.39 is 66.2 Å². The van der Waals surface area contributed by atoms with Crippen LogP contribution in [0.2, 0.25) is 0 Å². The van der Waals surface area contributed by atoms with Gasteiger partial charge in [-0.05, 0) is 119 Å². The lowest BCUT2D eigenvalue weighted by Gasteiger charge is -2.24. The summed E-state index contributed by atoms with van der Waals surface area (Å²) >= 11 is 13.3. The highest BCUT2D eigenvalue weighted by Gasteiger charge is 2.32. The second-order valence-corrected chi connectivity index (χ2v) is 28.8. The second kappa shape index (κ2) is 25.5. The maximum atomic E-state index is 14.7. The van der Waals surface area contributed by atoms with Gasteiger partial charge in [0.1, 0.15) is 42.6 Å². The van der Waals surface area contributed by atoms with Crippen LogP contribution in [0.1, 0.15) is 66.8 Å². The van der Waals surface area contributed by atoms with Crippen molar-refractivity contribution in [1.29, 1.82) is 21.0 Å². The van der Waals surface area contributed by atoms with Crippen LogP contribution in [0.3, 0.4) is 0 Å². The topological polar surface area (TPSA) is 269 Å². The van der Waals surface area contributed by atoms with E-state index in [4.69, 9.17) is 16.7 Å². The molecule has 0 spiro atoms. The first-order valence-corrected chi connectivity index (χ1v) is 33.6. The highest BCUT2D eigenvalue weighted by Crippen LogP contribution is 2.44. The maximum Gasteiger partial charge on any atom is 0.339 e. The average molecular weight is 1460 g/mol. The molecule has 24 heteroatoms. The zero-order valence-corrected chi connectivity index (χ0v) is 53.0. The molecular formula is C60H40Br4N4O12S4. The molecule has 0 saturated carbocycles. The van der Waals surface area contributed by atoms with E-state index in [1.165, 1.54) is 146 Å². The van der Waals surface area contributed by atoms with Crippen molar-refractivity contribution in [2.75, 3.05) is 0 Å². The third-order valence-electron chi connectivity index (χ3n) is 13.0. The summed E-state index contributed by atoms with van der Waals surface area (Å²) in [5.74, 6) is -1.30. The van der Waals surface area contributed by atoms with E-state index in [0.29, 0.717) is 40.1 Å². The molecule has 0 amide bonds. The van der Waals surface area contributed by atoms with Gasteiger partial charge in [-0.2, -0.15) is 54.7 Å². The Morgan fingerprint density at radius 2 is 0.452 bits per heavy atom. The second-order valence-electron chi connectivity index (χ2n) is 19.0. The molecule has 0 heterocycles. The van der Waals surface area contributed by atoms with Gasteiger partial charge >= 0.3 is 40.5 Å². The first-order chi connectivity index (χ1) is 40.0. The molecule has 84 heavy (non-hydrogen) atoms. The van der Waals surface area contributed by atoms with Gasteiger partial charge in [-0.1, -0.05) is 112 Å². The first-order valence-electron chi connectivity index (χ1n) is 24.8. The number of nitrogens with zero attached hydrogens (tertiary/aromatic N) is 4. The molecule has 0 aliphatic heterocycles. The van der Waals surface area contributed by atoms with Gasteiger partial charge in [-0.15, -0.1) is 0 Å². The summed E-state index contributed by atoms with van der Waals surface area (Å²) in [6.45, 7) is 0. The summed E-state index contributed by atoms with van der Waals surface area (Å²) in [5, 5.41) is 41.0. The number of benzene rings is 8. The molecule has 8 aromatic rings. The van der Waals surface area contributed by atoms with Gasteiger partial charge in [0.2, 0.25) is 0 Å². The van der Waals surface area contributed by atoms with Gasteiger partial charge in [0.15, 0.2) is 0 Å². The minimum Gasteiger partial charge on any atom is -0.378 e. The van der Waals surface area contributed by atoms with Crippen molar-refractivity contribution in [3.05, 3.63) is 230 Å². The van der Waals surface area contributed by atoms with Crippen molar-refractivity contribution in [1.82, 2.24) is 0 Å². The van der Waals surface area contributed by atoms with E-state index in [0.717, 1.165) is 0 Å². The minimum absolute atomic E-state index is 0.0396. The van der Waals surface area contributed by atoms with Crippen LogP contribution in [0.25, 0.3) is 0 Å². The standard InChI is InChI=1S/C60H40Br4N4O12S4/c61-49-1-9-53(10-2-49)81(69,70)77-57-41-25-37(17-21-65)26-42(57)34-44-28-39(19-23-67)30-46(59(44)79-83(73,74)55-13-5-51(63)6-14-55)36-48-32-40(20-24-68)31-47(60(48)80-84(75,76)56-15-7-52(64)8-16-56)35-45-29-38(18-22-66)27-43(33-41)58(45)78-82(71,72)54-11-3-50(62)4-12-54/h1-16,25-32H,17-20,33-36H2. The lowest BCUT2D eigenvalue weighted by Crippen LogP contribution is -2.17. The van der Waals surface area contributed by atoms with E-state index >= 15 is 0 Å². The normalized spacial score (nSPS) is 12.4. The van der Waals surface area contributed by atoms with Gasteiger partial charge in [0.05, 0.1) is 50.0 Å². The van der Waals surface area contributed by atoms with Crippen molar-refractivity contribution in [2.45, 2.75) is 70.9 Å². The third kappa shape index (κ3) is 14.2. The summed E-state index contributed by atoms with van der Waals surface area (Å²) < 4.78 is 145. The first kappa shape index (κ1) is 61.2. The van der Waals surface area contributed by atoms with Gasteiger partial charge in [-0.25, -0.2) is 0 Å². The Labute approximate surface area is 519 Å². The quantitative estimate of drug-likeness (QED) is 0.0813. The number of fused-ring (bicyclic) bond motifs is 8. The molecular weight excluding hydrogens is 1420 g/mol. The summed E-state index contributed by atoms with van der Waals surface area (Å²) in [7, 11) is -19.2. The van der Waals surface area contributed by atoms with E-state index in [1.54, 1.807) is 0 Å². The van der Waals surface area contributed by atoms with E-state index in [1.807, 2.05) is 0 Å². The highest BCUT2D eigenvalue weighted by atomic mass is 79.9. The molecule has 9 rings (SSSR count). The van der Waals surface area contributed by atoms with Gasteiger partial charge < -0.3 is 16.7 Å². The predicted molar refractivity (Wildman–Crippen MR) is 322 cm³/mol. The molecule has 0 radical (unpaired) electrons. The molecule has 0 aromatic heterocycles. The maximum absolute atomic E-state index is 14.7. The van der Waals surface area contributed by atoms with E-state index in [2.05, 4.69) is 88.0 Å². The fourth-order valence-corrected chi connectivity index (χ4v) is 14.5. The van der Waals surface area contributed by atoms with Crippen molar-refractivity contribution in [2.24, 2.45) is 0 Å². The van der Waals surface area contributed by atoms with Crippen molar-refractivity contribution in [3.63, 3.8) is 0 Å². The molecule has 1 aliphatic rings. The molecule has 0 fully saturated rings. The predicted octanol–water partition coefficient (Wildman–Crippen LogP) is 12.7. The van der Waals surface area contributed by atoms with E-state index in [9.17, 15) is 54.7 Å². The number of halogens is 4. The average Bonchev–Trinajstić information content (AvgIpc) is 2.69. The van der Waals surface area contributed by atoms with Crippen LogP contribution in [-0.2, 0) is 91.8 Å². The largest absolute Gasteiger partial charge is 0.378 e. The Hall–Kier alpha value is -7.36. The SMILES string of the molecule is N#CCc1cc2c(OS(=O)(=O)c3ccc(Br)cc3)c(c1)Cc1cc(CC#N)cc(c1OS(=O)(=O)c1ccc(Br)cc1)Cc1cc(CC#N)cc(c1OS(=O)(=O)c1ccc(Br)cc1)Cc1cc(CC#N)cc(c1OS(=O)(=O)c1ccc(Br)cc1)C2. The van der Waals surface area contributed by atoms with Crippen LogP contribution < -0.4 is 16.7 Å². The number of hydrogen-bond acceptors (Lipinski definition) is 16. The Kier molecular flexibility index (Phi) is 18.6. The highest BCUT2D eigenvalue weighted by molar-refractivity contribution is 9.11. The number of rotatable bonds is 16. The molecule has 8 aromatic carbocycles. The fraction of sp³-hybridized carbons (Fsp3) is 0.133. The molecule has 0 N–H and O–H groups in total. The Bertz CT molecular complexity index is 3900. The van der Waals surface area contributed by atoms with Crippen LogP contribution in [0.4, 0.5) is 0 Å². The van der Waals surface area contributed by atoms with Crippen LogP contribution in [-0.4, -0.2) is 33.7 Å². The number of hydrogen-bond donors (Lipinski definition) is 0.